The van der Waals surface area contributed by atoms with Crippen molar-refractivity contribution in [2.75, 3.05) is 11.4 Å². The Kier molecular flexibility index (Phi) is 4.68. The van der Waals surface area contributed by atoms with Gasteiger partial charge in [-0.2, -0.15) is 0 Å². The highest BCUT2D eigenvalue weighted by molar-refractivity contribution is 7.80. The number of nitrogens with two attached hydrogens (primary N) is 1. The molecule has 3 nitrogen and oxygen atoms in total. The molecule has 88 valence electrons. The Morgan fingerprint density at radius 3 is 2.56 bits per heavy atom. The van der Waals surface area contributed by atoms with Gasteiger partial charge in [0.1, 0.15) is 10.8 Å². The average Bonchev–Trinajstić information content (AvgIpc) is 2.30. The number of thiocarbonyl (C=S) groups is 1. The molecule has 0 radical (unpaired) electrons. The van der Waals surface area contributed by atoms with Gasteiger partial charge in [-0.3, -0.25) is 0 Å². The van der Waals surface area contributed by atoms with Crippen molar-refractivity contribution >= 4 is 23.0 Å². The fourth-order valence-corrected chi connectivity index (χ4v) is 1.74. The summed E-state index contributed by atoms with van der Waals surface area (Å²) in [4.78, 5) is 7.06. The number of nitrogens with zero attached hydrogens (tertiary/aromatic N) is 2. The number of hydrogen-bond donors (Lipinski definition) is 1. The smallest absolute Gasteiger partial charge is 0.128 e. The van der Waals surface area contributed by atoms with Crippen molar-refractivity contribution in [3.8, 4) is 0 Å². The Bertz CT molecular complexity index is 348. The molecule has 0 aliphatic heterocycles. The molecule has 0 saturated carbocycles. The molecule has 1 aromatic rings. The van der Waals surface area contributed by atoms with Gasteiger partial charge in [-0.1, -0.05) is 19.1 Å². The summed E-state index contributed by atoms with van der Waals surface area (Å²) in [5, 5.41) is 0. The van der Waals surface area contributed by atoms with Gasteiger partial charge in [0, 0.05) is 24.3 Å². The van der Waals surface area contributed by atoms with E-state index in [-0.39, 0.29) is 0 Å². The fraction of sp³-hybridized carbons (Fsp3) is 0.500. The summed E-state index contributed by atoms with van der Waals surface area (Å²) < 4.78 is 0. The van der Waals surface area contributed by atoms with Gasteiger partial charge in [0.05, 0.1) is 0 Å². The van der Waals surface area contributed by atoms with Gasteiger partial charge in [-0.05, 0) is 32.4 Å². The second-order valence-corrected chi connectivity index (χ2v) is 4.25. The van der Waals surface area contributed by atoms with Gasteiger partial charge in [-0.25, -0.2) is 4.98 Å². The molecule has 0 saturated heterocycles. The van der Waals surface area contributed by atoms with Crippen LogP contribution in [0.1, 0.15) is 32.8 Å². The summed E-state index contributed by atoms with van der Waals surface area (Å²) >= 11 is 4.90. The minimum absolute atomic E-state index is 0.394. The van der Waals surface area contributed by atoms with Crippen LogP contribution in [0.3, 0.4) is 0 Å². The molecule has 1 rings (SSSR count). The lowest BCUT2D eigenvalue weighted by Crippen LogP contribution is -2.33. The summed E-state index contributed by atoms with van der Waals surface area (Å²) in [6.45, 7) is 7.47. The number of aromatic nitrogens is 1. The highest BCUT2D eigenvalue weighted by Gasteiger charge is 2.11. The Labute approximate surface area is 103 Å². The van der Waals surface area contributed by atoms with Crippen LogP contribution in [0.4, 0.5) is 5.82 Å². The molecule has 16 heavy (non-hydrogen) atoms. The van der Waals surface area contributed by atoms with Crippen molar-refractivity contribution in [2.45, 2.75) is 33.2 Å². The molecule has 0 amide bonds. The van der Waals surface area contributed by atoms with Gasteiger partial charge >= 0.3 is 0 Å². The second kappa shape index (κ2) is 5.80. The topological polar surface area (TPSA) is 42.1 Å². The number of hydrogen-bond acceptors (Lipinski definition) is 3. The minimum Gasteiger partial charge on any atom is -0.389 e. The molecule has 0 bridgehead atoms. The van der Waals surface area contributed by atoms with E-state index in [0.29, 0.717) is 11.0 Å². The normalized spacial score (nSPS) is 12.2. The van der Waals surface area contributed by atoms with E-state index >= 15 is 0 Å². The van der Waals surface area contributed by atoms with Gasteiger partial charge in [0.2, 0.25) is 0 Å². The molecule has 1 atom stereocenters. The molecule has 2 N–H and O–H groups in total. The predicted molar refractivity (Wildman–Crippen MR) is 72.9 cm³/mol. The molecule has 0 aliphatic rings. The van der Waals surface area contributed by atoms with E-state index in [4.69, 9.17) is 18.0 Å². The van der Waals surface area contributed by atoms with Crippen LogP contribution >= 0.6 is 12.2 Å². The molecule has 0 fully saturated rings. The minimum atomic E-state index is 0.394. The SMILES string of the molecule is CCC(C)N(CC)c1ccc(C(N)=S)cn1. The lowest BCUT2D eigenvalue weighted by Gasteiger charge is -2.28. The molecular formula is C12H19N3S. The van der Waals surface area contributed by atoms with Crippen molar-refractivity contribution < 1.29 is 0 Å². The monoisotopic (exact) mass is 237 g/mol. The maximum absolute atomic E-state index is 5.54. The van der Waals surface area contributed by atoms with E-state index in [2.05, 4.69) is 30.7 Å². The number of pyridine rings is 1. The second-order valence-electron chi connectivity index (χ2n) is 3.81. The van der Waals surface area contributed by atoms with E-state index < -0.39 is 0 Å². The summed E-state index contributed by atoms with van der Waals surface area (Å²) in [5.74, 6) is 0.983. The van der Waals surface area contributed by atoms with Crippen LogP contribution in [-0.2, 0) is 0 Å². The van der Waals surface area contributed by atoms with Crippen LogP contribution in [-0.4, -0.2) is 22.6 Å². The first kappa shape index (κ1) is 12.9. The van der Waals surface area contributed by atoms with Crippen molar-refractivity contribution in [2.24, 2.45) is 5.73 Å². The Balaban J connectivity index is 2.90. The highest BCUT2D eigenvalue weighted by Crippen LogP contribution is 2.15. The van der Waals surface area contributed by atoms with E-state index in [1.807, 2.05) is 12.1 Å². The molecule has 1 aromatic heterocycles. The van der Waals surface area contributed by atoms with Gasteiger partial charge in [0.25, 0.3) is 0 Å². The molecule has 0 aliphatic carbocycles. The molecule has 1 unspecified atom stereocenters. The fourth-order valence-electron chi connectivity index (χ4n) is 1.62. The Morgan fingerprint density at radius 1 is 1.50 bits per heavy atom. The van der Waals surface area contributed by atoms with Crippen LogP contribution in [0, 0.1) is 0 Å². The first-order chi connectivity index (χ1) is 7.60. The maximum atomic E-state index is 5.54. The van der Waals surface area contributed by atoms with E-state index in [0.717, 1.165) is 24.3 Å². The average molecular weight is 237 g/mol. The first-order valence-electron chi connectivity index (χ1n) is 5.62. The molecule has 0 aromatic carbocycles. The van der Waals surface area contributed by atoms with Crippen molar-refractivity contribution in [1.29, 1.82) is 0 Å². The molecule has 0 spiro atoms. The third-order valence-electron chi connectivity index (χ3n) is 2.79. The zero-order chi connectivity index (χ0) is 12.1. The van der Waals surface area contributed by atoms with E-state index in [1.165, 1.54) is 0 Å². The summed E-state index contributed by atoms with van der Waals surface area (Å²) in [7, 11) is 0. The van der Waals surface area contributed by atoms with Crippen LogP contribution < -0.4 is 10.6 Å². The highest BCUT2D eigenvalue weighted by atomic mass is 32.1. The third kappa shape index (κ3) is 2.92. The van der Waals surface area contributed by atoms with Crippen molar-refractivity contribution in [1.82, 2.24) is 4.98 Å². The van der Waals surface area contributed by atoms with Crippen LogP contribution in [0.25, 0.3) is 0 Å². The summed E-state index contributed by atoms with van der Waals surface area (Å²) in [6.07, 6.45) is 2.84. The van der Waals surface area contributed by atoms with Crippen molar-refractivity contribution in [3.05, 3.63) is 23.9 Å². The lowest BCUT2D eigenvalue weighted by molar-refractivity contribution is 0.623. The Hall–Kier alpha value is -1.16. The summed E-state index contributed by atoms with van der Waals surface area (Å²) in [5.41, 5.74) is 6.35. The third-order valence-corrected chi connectivity index (χ3v) is 3.03. The quantitative estimate of drug-likeness (QED) is 0.798. The van der Waals surface area contributed by atoms with E-state index in [1.54, 1.807) is 6.20 Å². The molecule has 1 heterocycles. The largest absolute Gasteiger partial charge is 0.389 e. The Morgan fingerprint density at radius 2 is 2.19 bits per heavy atom. The van der Waals surface area contributed by atoms with Crippen LogP contribution in [0.2, 0.25) is 0 Å². The zero-order valence-electron chi connectivity index (χ0n) is 10.1. The van der Waals surface area contributed by atoms with E-state index in [9.17, 15) is 0 Å². The zero-order valence-corrected chi connectivity index (χ0v) is 10.9. The van der Waals surface area contributed by atoms with Crippen molar-refractivity contribution in [3.63, 3.8) is 0 Å². The predicted octanol–water partition coefficient (Wildman–Crippen LogP) is 2.34. The first-order valence-corrected chi connectivity index (χ1v) is 6.03. The van der Waals surface area contributed by atoms with Gasteiger partial charge in [0.15, 0.2) is 0 Å². The maximum Gasteiger partial charge on any atom is 0.128 e. The number of anilines is 1. The molecule has 4 heteroatoms. The number of rotatable bonds is 5. The van der Waals surface area contributed by atoms with Crippen LogP contribution in [0.5, 0.6) is 0 Å². The standard InChI is InChI=1S/C12H19N3S/c1-4-9(3)15(5-2)11-7-6-10(8-14-11)12(13)16/h6-9H,4-5H2,1-3H3,(H2,13,16). The molecular weight excluding hydrogens is 218 g/mol. The summed E-state index contributed by atoms with van der Waals surface area (Å²) in [6, 6.07) is 4.40. The van der Waals surface area contributed by atoms with Gasteiger partial charge < -0.3 is 10.6 Å². The van der Waals surface area contributed by atoms with Gasteiger partial charge in [-0.15, -0.1) is 0 Å². The van der Waals surface area contributed by atoms with Crippen LogP contribution in [0.15, 0.2) is 18.3 Å². The lowest BCUT2D eigenvalue weighted by atomic mass is 10.2.